The van der Waals surface area contributed by atoms with Crippen molar-refractivity contribution in [1.82, 2.24) is 14.4 Å². The summed E-state index contributed by atoms with van der Waals surface area (Å²) in [4.78, 5) is 8.09. The van der Waals surface area contributed by atoms with E-state index in [1.807, 2.05) is 10.6 Å². The van der Waals surface area contributed by atoms with E-state index in [9.17, 15) is 0 Å². The Bertz CT molecular complexity index is 405. The molecule has 0 atom stereocenters. The van der Waals surface area contributed by atoms with Crippen molar-refractivity contribution in [3.05, 3.63) is 24.3 Å². The molecule has 0 aliphatic carbocycles. The first-order valence-corrected chi connectivity index (χ1v) is 3.59. The second kappa shape index (κ2) is 2.46. The summed E-state index contributed by atoms with van der Waals surface area (Å²) < 4.78 is 1.81. The van der Waals surface area contributed by atoms with Gasteiger partial charge in [-0.3, -0.25) is 0 Å². The van der Waals surface area contributed by atoms with Crippen molar-refractivity contribution in [2.75, 3.05) is 5.73 Å². The lowest BCUT2D eigenvalue weighted by Gasteiger charge is -1.93. The number of rotatable bonds is 1. The van der Waals surface area contributed by atoms with Gasteiger partial charge in [0.25, 0.3) is 0 Å². The largest absolute Gasteiger partial charge is 0.381 e. The summed E-state index contributed by atoms with van der Waals surface area (Å²) in [5, 5.41) is 0. The first kappa shape index (κ1) is 7.05. The first-order chi connectivity index (χ1) is 5.81. The van der Waals surface area contributed by atoms with E-state index in [1.54, 1.807) is 12.4 Å². The predicted octanol–water partition coefficient (Wildman–Crippen LogP) is -0.230. The van der Waals surface area contributed by atoms with Gasteiger partial charge in [0, 0.05) is 25.1 Å². The van der Waals surface area contributed by atoms with Crippen LogP contribution in [0.5, 0.6) is 0 Å². The van der Waals surface area contributed by atoms with Crippen LogP contribution >= 0.6 is 0 Å². The van der Waals surface area contributed by atoms with Gasteiger partial charge < -0.3 is 15.9 Å². The number of aromatic nitrogens is 3. The van der Waals surface area contributed by atoms with E-state index in [-0.39, 0.29) is 0 Å². The van der Waals surface area contributed by atoms with E-state index < -0.39 is 0 Å². The van der Waals surface area contributed by atoms with Crippen LogP contribution in [0.15, 0.2) is 18.6 Å². The van der Waals surface area contributed by atoms with Gasteiger partial charge >= 0.3 is 0 Å². The molecule has 0 radical (unpaired) electrons. The standard InChI is InChI=1S/C7H9N5/c8-3-5-4-12-2-1-10-6(9)7(12)11-5/h1-2,4H,3,8H2,(H2,9,10). The summed E-state index contributed by atoms with van der Waals surface area (Å²) in [5.74, 6) is 0.428. The SMILES string of the molecule is NCc1cn2ccnc(N)c2n1. The molecule has 2 rings (SSSR count). The minimum Gasteiger partial charge on any atom is -0.381 e. The molecule has 2 aromatic heterocycles. The van der Waals surface area contributed by atoms with Crippen molar-refractivity contribution < 1.29 is 0 Å². The van der Waals surface area contributed by atoms with Crippen molar-refractivity contribution >= 4 is 11.5 Å². The molecule has 0 aliphatic heterocycles. The zero-order valence-electron chi connectivity index (χ0n) is 6.44. The molecule has 0 fully saturated rings. The fourth-order valence-electron chi connectivity index (χ4n) is 1.09. The van der Waals surface area contributed by atoms with E-state index in [0.717, 1.165) is 5.69 Å². The summed E-state index contributed by atoms with van der Waals surface area (Å²) in [6, 6.07) is 0. The van der Waals surface area contributed by atoms with Crippen LogP contribution in [0.25, 0.3) is 5.65 Å². The number of nitrogen functional groups attached to an aromatic ring is 1. The maximum atomic E-state index is 5.59. The zero-order chi connectivity index (χ0) is 8.55. The normalized spacial score (nSPS) is 10.8. The van der Waals surface area contributed by atoms with Crippen LogP contribution in [0.1, 0.15) is 5.69 Å². The Labute approximate surface area is 69.0 Å². The Balaban J connectivity index is 2.74. The molecule has 62 valence electrons. The van der Waals surface area contributed by atoms with Crippen molar-refractivity contribution in [3.63, 3.8) is 0 Å². The summed E-state index contributed by atoms with van der Waals surface area (Å²) >= 11 is 0. The third kappa shape index (κ3) is 0.911. The molecule has 5 heteroatoms. The Morgan fingerprint density at radius 3 is 3.00 bits per heavy atom. The van der Waals surface area contributed by atoms with Crippen molar-refractivity contribution in [1.29, 1.82) is 0 Å². The molecular formula is C7H9N5. The molecule has 0 aliphatic rings. The molecule has 12 heavy (non-hydrogen) atoms. The molecular weight excluding hydrogens is 154 g/mol. The van der Waals surface area contributed by atoms with Gasteiger partial charge in [-0.25, -0.2) is 9.97 Å². The van der Waals surface area contributed by atoms with Gasteiger partial charge in [0.2, 0.25) is 0 Å². The van der Waals surface area contributed by atoms with Gasteiger partial charge in [0.05, 0.1) is 5.69 Å². The van der Waals surface area contributed by atoms with Gasteiger partial charge in [-0.1, -0.05) is 0 Å². The molecule has 0 amide bonds. The molecule has 0 saturated heterocycles. The van der Waals surface area contributed by atoms with Crippen LogP contribution < -0.4 is 11.5 Å². The van der Waals surface area contributed by atoms with Gasteiger partial charge in [0.1, 0.15) is 0 Å². The first-order valence-electron chi connectivity index (χ1n) is 3.59. The second-order valence-corrected chi connectivity index (χ2v) is 2.48. The van der Waals surface area contributed by atoms with E-state index in [1.165, 1.54) is 0 Å². The van der Waals surface area contributed by atoms with Crippen LogP contribution in [0.3, 0.4) is 0 Å². The molecule has 0 spiro atoms. The van der Waals surface area contributed by atoms with E-state index >= 15 is 0 Å². The minimum absolute atomic E-state index is 0.418. The molecule has 0 saturated carbocycles. The highest BCUT2D eigenvalue weighted by molar-refractivity contribution is 5.59. The van der Waals surface area contributed by atoms with Crippen molar-refractivity contribution in [3.8, 4) is 0 Å². The van der Waals surface area contributed by atoms with Crippen LogP contribution in [-0.2, 0) is 6.54 Å². The smallest absolute Gasteiger partial charge is 0.180 e. The topological polar surface area (TPSA) is 82.2 Å². The Kier molecular flexibility index (Phi) is 1.44. The summed E-state index contributed by atoms with van der Waals surface area (Å²) in [7, 11) is 0. The highest BCUT2D eigenvalue weighted by atomic mass is 15.1. The molecule has 0 bridgehead atoms. The number of nitrogens with two attached hydrogens (primary N) is 2. The summed E-state index contributed by atoms with van der Waals surface area (Å²) in [6.45, 7) is 0.418. The van der Waals surface area contributed by atoms with Crippen LogP contribution in [0.4, 0.5) is 5.82 Å². The Morgan fingerprint density at radius 2 is 2.33 bits per heavy atom. The monoisotopic (exact) mass is 163 g/mol. The number of nitrogens with zero attached hydrogens (tertiary/aromatic N) is 3. The maximum Gasteiger partial charge on any atom is 0.180 e. The quantitative estimate of drug-likeness (QED) is 0.608. The van der Waals surface area contributed by atoms with Crippen LogP contribution in [0, 0.1) is 0 Å². The lowest BCUT2D eigenvalue weighted by atomic mass is 10.5. The zero-order valence-corrected chi connectivity index (χ0v) is 6.44. The molecule has 5 nitrogen and oxygen atoms in total. The number of imidazole rings is 1. The summed E-state index contributed by atoms with van der Waals surface area (Å²) in [6.07, 6.45) is 5.26. The van der Waals surface area contributed by atoms with Gasteiger partial charge in [0.15, 0.2) is 11.5 Å². The average Bonchev–Trinajstić information content (AvgIpc) is 2.49. The number of anilines is 1. The van der Waals surface area contributed by atoms with Crippen LogP contribution in [-0.4, -0.2) is 14.4 Å². The third-order valence-corrected chi connectivity index (χ3v) is 1.66. The second-order valence-electron chi connectivity index (χ2n) is 2.48. The number of hydrogen-bond donors (Lipinski definition) is 2. The van der Waals surface area contributed by atoms with E-state index in [4.69, 9.17) is 11.5 Å². The third-order valence-electron chi connectivity index (χ3n) is 1.66. The molecule has 0 unspecified atom stereocenters. The number of fused-ring (bicyclic) bond motifs is 1. The highest BCUT2D eigenvalue weighted by Crippen LogP contribution is 2.08. The Hall–Kier alpha value is -1.62. The van der Waals surface area contributed by atoms with Gasteiger partial charge in [-0.2, -0.15) is 0 Å². The van der Waals surface area contributed by atoms with E-state index in [2.05, 4.69) is 9.97 Å². The average molecular weight is 163 g/mol. The highest BCUT2D eigenvalue weighted by Gasteiger charge is 2.02. The van der Waals surface area contributed by atoms with Crippen LogP contribution in [0.2, 0.25) is 0 Å². The molecule has 2 heterocycles. The van der Waals surface area contributed by atoms with Crippen molar-refractivity contribution in [2.24, 2.45) is 5.73 Å². The molecule has 2 aromatic rings. The fourth-order valence-corrected chi connectivity index (χ4v) is 1.09. The van der Waals surface area contributed by atoms with Crippen molar-refractivity contribution in [2.45, 2.75) is 6.54 Å². The van der Waals surface area contributed by atoms with E-state index in [0.29, 0.717) is 18.0 Å². The Morgan fingerprint density at radius 1 is 1.50 bits per heavy atom. The molecule has 4 N–H and O–H groups in total. The van der Waals surface area contributed by atoms with Gasteiger partial charge in [-0.05, 0) is 0 Å². The maximum absolute atomic E-state index is 5.59. The number of hydrogen-bond acceptors (Lipinski definition) is 4. The summed E-state index contributed by atoms with van der Waals surface area (Å²) in [5.41, 5.74) is 12.5. The fraction of sp³-hybridized carbons (Fsp3) is 0.143. The minimum atomic E-state index is 0.418. The van der Waals surface area contributed by atoms with Gasteiger partial charge in [-0.15, -0.1) is 0 Å². The lowest BCUT2D eigenvalue weighted by Crippen LogP contribution is -1.96. The lowest BCUT2D eigenvalue weighted by molar-refractivity contribution is 1.02. The predicted molar refractivity (Wildman–Crippen MR) is 45.3 cm³/mol. The molecule has 0 aromatic carbocycles.